The summed E-state index contributed by atoms with van der Waals surface area (Å²) in [4.78, 5) is 38.2. The minimum atomic E-state index is -3.56. The number of hydrogen-bond acceptors (Lipinski definition) is 6. The molecule has 38 heavy (non-hydrogen) atoms. The average molecular weight is 538 g/mol. The molecule has 0 radical (unpaired) electrons. The number of piperidine rings is 1. The number of amides is 3. The molecule has 3 heterocycles. The molecule has 3 aliphatic heterocycles. The van der Waals surface area contributed by atoms with Crippen molar-refractivity contribution in [1.29, 1.82) is 0 Å². The summed E-state index contributed by atoms with van der Waals surface area (Å²) in [5.74, 6) is -5.54. The molecule has 8 nitrogen and oxygen atoms in total. The summed E-state index contributed by atoms with van der Waals surface area (Å²) in [5, 5.41) is 1.91. The average Bonchev–Trinajstić information content (AvgIpc) is 3.18. The van der Waals surface area contributed by atoms with Gasteiger partial charge in [0.25, 0.3) is 5.91 Å². The Hall–Kier alpha value is -3.30. The van der Waals surface area contributed by atoms with Crippen LogP contribution in [0.15, 0.2) is 36.4 Å². The van der Waals surface area contributed by atoms with Gasteiger partial charge in [-0.1, -0.05) is 24.3 Å². The van der Waals surface area contributed by atoms with Gasteiger partial charge in [-0.05, 0) is 46.2 Å². The van der Waals surface area contributed by atoms with Gasteiger partial charge < -0.3 is 14.4 Å². The molecule has 2 saturated heterocycles. The van der Waals surface area contributed by atoms with Crippen LogP contribution in [0.25, 0.3) is 0 Å². The lowest BCUT2D eigenvalue weighted by atomic mass is 9.98. The third kappa shape index (κ3) is 5.31. The maximum Gasteiger partial charge on any atom is 0.255 e. The summed E-state index contributed by atoms with van der Waals surface area (Å²) >= 11 is 0. The van der Waals surface area contributed by atoms with E-state index in [4.69, 9.17) is 28.7 Å². The van der Waals surface area contributed by atoms with Crippen LogP contribution in [0.5, 0.6) is 5.75 Å². The van der Waals surface area contributed by atoms with Crippen LogP contribution in [-0.4, -0.2) is 57.7 Å². The molecule has 0 aliphatic carbocycles. The summed E-state index contributed by atoms with van der Waals surface area (Å²) in [5.41, 5.74) is -8.32. The number of carbonyl (C=O) groups is 3. The van der Waals surface area contributed by atoms with Gasteiger partial charge in [-0.3, -0.25) is 24.6 Å². The topological polar surface area (TPSA) is 88.2 Å². The minimum Gasteiger partial charge on any atom is -0.488 e. The lowest BCUT2D eigenvalue weighted by molar-refractivity contribution is -0.182. The first-order valence-corrected chi connectivity index (χ1v) is 11.7. The van der Waals surface area contributed by atoms with Gasteiger partial charge in [0, 0.05) is 60.5 Å². The zero-order chi connectivity index (χ0) is 39.6. The number of nitrogens with one attached hydrogen (secondary N) is 1. The highest BCUT2D eigenvalue weighted by Crippen LogP contribution is 2.34. The van der Waals surface area contributed by atoms with Crippen molar-refractivity contribution in [1.82, 2.24) is 15.1 Å². The SMILES string of the molecule is [2H]C([2H])(Oc1cccc2c1C([2H])([2H])N(C1([2H])CCC(=O)NC1=O)C2=O)c1cccc(C([2H])([2H])N2C([2H])([2H])C(C)(C)OC(C)(C([2H])([2H])[2H])C2([2H])[2H])c1F. The van der Waals surface area contributed by atoms with E-state index < -0.39 is 115 Å². The number of hydrogen-bond donors (Lipinski definition) is 1. The number of benzene rings is 2. The Morgan fingerprint density at radius 3 is 2.68 bits per heavy atom. The second-order valence-electron chi connectivity index (χ2n) is 9.44. The molecule has 1 N–H and O–H groups in total. The molecule has 9 heteroatoms. The van der Waals surface area contributed by atoms with Crippen LogP contribution in [0, 0.1) is 5.82 Å². The molecule has 202 valence electrons. The van der Waals surface area contributed by atoms with Crippen LogP contribution < -0.4 is 10.1 Å². The first kappa shape index (κ1) is 14.2. The first-order valence-electron chi connectivity index (χ1n) is 18.7. The van der Waals surface area contributed by atoms with Crippen LogP contribution in [-0.2, 0) is 33.9 Å². The normalized spacial score (nSPS) is 37.8. The van der Waals surface area contributed by atoms with Gasteiger partial charge in [0.1, 0.15) is 24.1 Å². The van der Waals surface area contributed by atoms with Gasteiger partial charge in [-0.15, -0.1) is 0 Å². The van der Waals surface area contributed by atoms with E-state index in [1.54, 1.807) is 0 Å². The maximum absolute atomic E-state index is 16.6. The molecule has 2 aromatic rings. The quantitative estimate of drug-likeness (QED) is 0.567. The number of morpholine rings is 1. The van der Waals surface area contributed by atoms with Crippen molar-refractivity contribution in [3.05, 3.63) is 64.5 Å². The Labute approximate surface area is 241 Å². The van der Waals surface area contributed by atoms with Crippen LogP contribution >= 0.6 is 0 Å². The smallest absolute Gasteiger partial charge is 0.255 e. The van der Waals surface area contributed by atoms with Crippen molar-refractivity contribution in [2.45, 2.75) is 77.2 Å². The monoisotopic (exact) mass is 537 g/mol. The number of carbonyl (C=O) groups excluding carboxylic acids is 3. The van der Waals surface area contributed by atoms with Crippen LogP contribution in [0.1, 0.15) is 86.7 Å². The minimum absolute atomic E-state index is 0.0913. The molecule has 5 rings (SSSR count). The molecule has 3 aliphatic rings. The molecule has 2 fully saturated rings. The summed E-state index contributed by atoms with van der Waals surface area (Å²) in [6, 6.07) is 3.28. The van der Waals surface area contributed by atoms with E-state index >= 15 is 4.39 Å². The Morgan fingerprint density at radius 2 is 1.92 bits per heavy atom. The van der Waals surface area contributed by atoms with E-state index in [0.717, 1.165) is 51.1 Å². The van der Waals surface area contributed by atoms with Gasteiger partial charge in [0.15, 0.2) is 0 Å². The van der Waals surface area contributed by atoms with Crippen molar-refractivity contribution >= 4 is 17.7 Å². The second-order valence-corrected chi connectivity index (χ2v) is 9.44. The first-order chi connectivity index (χ1) is 23.3. The van der Waals surface area contributed by atoms with Crippen LogP contribution in [0.4, 0.5) is 4.39 Å². The molecule has 0 spiro atoms. The molecule has 0 aromatic heterocycles. The van der Waals surface area contributed by atoms with E-state index in [0.29, 0.717) is 4.90 Å². The largest absolute Gasteiger partial charge is 0.488 e. The van der Waals surface area contributed by atoms with Gasteiger partial charge in [-0.2, -0.15) is 0 Å². The van der Waals surface area contributed by atoms with Crippen LogP contribution in [0.3, 0.4) is 0 Å². The third-order valence-corrected chi connectivity index (χ3v) is 5.72. The predicted molar refractivity (Wildman–Crippen MR) is 138 cm³/mol. The standard InChI is InChI=1S/C29H34FN3O5/c1-28(2)16-32(17-29(3,4)38-28)13-18-7-5-8-19(25(18)30)15-37-23-10-6-9-20-21(23)14-33(27(20)36)22-11-12-24(34)31-26(22)35/h5-10,22H,11-17H2,1-4H3,(H,31,34,35)/i1D3,13D2,14D2,15D2,16D2,17D2,22D. The second kappa shape index (κ2) is 9.78. The fourth-order valence-corrected chi connectivity index (χ4v) is 4.25. The van der Waals surface area contributed by atoms with Crippen molar-refractivity contribution in [2.24, 2.45) is 0 Å². The van der Waals surface area contributed by atoms with E-state index in [-0.39, 0.29) is 11.3 Å². The summed E-state index contributed by atoms with van der Waals surface area (Å²) < 4.78 is 148. The zero-order valence-corrected chi connectivity index (χ0v) is 20.7. The lowest BCUT2D eigenvalue weighted by Gasteiger charge is -2.47. The Balaban J connectivity index is 1.59. The molecular formula is C29H34FN3O5. The van der Waals surface area contributed by atoms with Gasteiger partial charge in [0.2, 0.25) is 11.8 Å². The Kier molecular flexibility index (Phi) is 3.65. The Bertz CT molecular complexity index is 1870. The van der Waals surface area contributed by atoms with Crippen molar-refractivity contribution < 1.29 is 47.4 Å². The van der Waals surface area contributed by atoms with Crippen LogP contribution in [0.2, 0.25) is 0 Å². The molecule has 0 bridgehead atoms. The highest BCUT2D eigenvalue weighted by Gasteiger charge is 2.40. The van der Waals surface area contributed by atoms with Gasteiger partial charge >= 0.3 is 0 Å². The molecular weight excluding hydrogens is 489 g/mol. The van der Waals surface area contributed by atoms with Gasteiger partial charge in [-0.25, -0.2) is 4.39 Å². The highest BCUT2D eigenvalue weighted by molar-refractivity contribution is 6.05. The number of nitrogens with zero attached hydrogens (tertiary/aromatic N) is 2. The van der Waals surface area contributed by atoms with E-state index in [2.05, 4.69) is 0 Å². The van der Waals surface area contributed by atoms with E-state index in [9.17, 15) is 14.4 Å². The predicted octanol–water partition coefficient (Wildman–Crippen LogP) is 3.56. The molecule has 0 saturated carbocycles. The fourth-order valence-electron chi connectivity index (χ4n) is 4.25. The molecule has 3 amide bonds. The molecule has 2 atom stereocenters. The molecule has 2 unspecified atom stereocenters. The van der Waals surface area contributed by atoms with Crippen molar-refractivity contribution in [3.63, 3.8) is 0 Å². The summed E-state index contributed by atoms with van der Waals surface area (Å²) in [6.07, 6.45) is -0.948. The fraction of sp³-hybridized carbons (Fsp3) is 0.483. The number of imide groups is 1. The lowest BCUT2D eigenvalue weighted by Crippen LogP contribution is -2.56. The number of rotatable bonds is 6. The number of fused-ring (bicyclic) bond motifs is 1. The van der Waals surface area contributed by atoms with Crippen molar-refractivity contribution in [3.8, 4) is 5.75 Å². The zero-order valence-electron chi connectivity index (χ0n) is 34.7. The number of halogens is 1. The van der Waals surface area contributed by atoms with E-state index in [1.807, 2.05) is 5.32 Å². The summed E-state index contributed by atoms with van der Waals surface area (Å²) in [6.45, 7) is -16.9. The van der Waals surface area contributed by atoms with Gasteiger partial charge in [0.05, 0.1) is 24.6 Å². The number of ether oxygens (including phenoxy) is 2. The molecule has 2 aromatic carbocycles. The van der Waals surface area contributed by atoms with E-state index in [1.165, 1.54) is 6.07 Å². The summed E-state index contributed by atoms with van der Waals surface area (Å²) in [7, 11) is 0. The van der Waals surface area contributed by atoms with Crippen molar-refractivity contribution in [2.75, 3.05) is 13.0 Å². The third-order valence-electron chi connectivity index (χ3n) is 5.72. The maximum atomic E-state index is 16.6. The highest BCUT2D eigenvalue weighted by atomic mass is 19.1. The Morgan fingerprint density at radius 1 is 1.18 bits per heavy atom.